The van der Waals surface area contributed by atoms with Gasteiger partial charge in [-0.05, 0) is 160 Å². The number of nitrogens with zero attached hydrogens (tertiary/aromatic N) is 8. The number of fused-ring (bicyclic) bond motifs is 6. The van der Waals surface area contributed by atoms with E-state index in [4.69, 9.17) is 32.3 Å². The summed E-state index contributed by atoms with van der Waals surface area (Å²) in [6.07, 6.45) is 17.9. The molecule has 1 spiro atoms. The van der Waals surface area contributed by atoms with Crippen LogP contribution in [0.1, 0.15) is 95.1 Å². The zero-order valence-electron chi connectivity index (χ0n) is 49.8. The molecule has 7 aliphatic rings. The minimum Gasteiger partial charge on any atom is -0.508 e. The van der Waals surface area contributed by atoms with E-state index in [0.29, 0.717) is 109 Å². The maximum absolute atomic E-state index is 16.8. The van der Waals surface area contributed by atoms with Crippen LogP contribution < -0.4 is 19.3 Å². The van der Waals surface area contributed by atoms with Crippen LogP contribution in [0.4, 0.5) is 38.0 Å². The molecule has 2 aromatic heterocycles. The number of aromatic nitrogens is 4. The van der Waals surface area contributed by atoms with Crippen LogP contribution in [0.15, 0.2) is 72.8 Å². The van der Waals surface area contributed by atoms with E-state index < -0.39 is 52.3 Å². The number of alkyl halides is 2. The van der Waals surface area contributed by atoms with Crippen molar-refractivity contribution in [2.45, 2.75) is 119 Å². The average molecular weight is 1230 g/mol. The zero-order chi connectivity index (χ0) is 62.6. The van der Waals surface area contributed by atoms with E-state index >= 15 is 8.78 Å². The SMILES string of the molecule is C#Cc1c(F)ccc2cc(O)cc(-c3ccc4c(N5CCC(C)(O)CC5)nc(OCC56CCCN5CC(F)C6)nc4c3F)c12.C#Cc1c(F)ccc2cc(O)cc(-c3ccc4c(N5CCC6(CC5)CC(O)C6)nc(OCC56CCCN5CC(F)C6)nc4c3F)c12. The van der Waals surface area contributed by atoms with Gasteiger partial charge in [0.25, 0.3) is 0 Å². The molecule has 466 valence electrons. The molecule has 14 nitrogen and oxygen atoms in total. The number of ether oxygens (including phenoxy) is 2. The maximum atomic E-state index is 16.8. The Hall–Kier alpha value is -8.14. The molecule has 4 unspecified atom stereocenters. The Morgan fingerprint density at radius 3 is 1.41 bits per heavy atom. The molecule has 7 fully saturated rings. The van der Waals surface area contributed by atoms with Gasteiger partial charge in [0.1, 0.15) is 71.4 Å². The number of aromatic hydroxyl groups is 2. The third-order valence-corrected chi connectivity index (χ3v) is 20.6. The first-order chi connectivity index (χ1) is 43.2. The fraction of sp³-hybridized carbons (Fsp3) is 0.429. The number of phenols is 2. The molecule has 90 heavy (non-hydrogen) atoms. The molecule has 6 aliphatic heterocycles. The molecule has 8 heterocycles. The number of phenolic OH excluding ortho intramolecular Hbond substituents is 2. The van der Waals surface area contributed by atoms with Crippen LogP contribution in [0.3, 0.4) is 0 Å². The molecule has 1 aliphatic carbocycles. The van der Waals surface area contributed by atoms with Crippen molar-refractivity contribution < 1.29 is 56.2 Å². The summed E-state index contributed by atoms with van der Waals surface area (Å²) in [5.41, 5.74) is -0.946. The van der Waals surface area contributed by atoms with Gasteiger partial charge in [-0.15, -0.1) is 12.8 Å². The quantitative estimate of drug-likeness (QED) is 0.0755. The lowest BCUT2D eigenvalue weighted by Gasteiger charge is -2.50. The number of rotatable bonds is 10. The topological polar surface area (TPSA) is 164 Å². The normalized spacial score (nSPS) is 23.9. The van der Waals surface area contributed by atoms with Gasteiger partial charge in [0.05, 0.1) is 33.9 Å². The van der Waals surface area contributed by atoms with Gasteiger partial charge in [-0.1, -0.05) is 36.1 Å². The number of hydrogen-bond acceptors (Lipinski definition) is 14. The summed E-state index contributed by atoms with van der Waals surface area (Å²) >= 11 is 0. The summed E-state index contributed by atoms with van der Waals surface area (Å²) in [6, 6.07) is 17.7. The molecule has 0 radical (unpaired) electrons. The summed E-state index contributed by atoms with van der Waals surface area (Å²) in [6.45, 7) is 6.89. The molecule has 1 saturated carbocycles. The predicted octanol–water partition coefficient (Wildman–Crippen LogP) is 11.8. The first kappa shape index (κ1) is 59.5. The summed E-state index contributed by atoms with van der Waals surface area (Å²) in [5.74, 6) is 2.92. The van der Waals surface area contributed by atoms with E-state index in [9.17, 15) is 38.0 Å². The van der Waals surface area contributed by atoms with E-state index in [-0.39, 0.29) is 92.7 Å². The second kappa shape index (κ2) is 22.7. The molecular formula is C70H68F6N8O6. The molecule has 6 aromatic carbocycles. The molecule has 20 heteroatoms. The van der Waals surface area contributed by atoms with Gasteiger partial charge in [-0.3, -0.25) is 9.80 Å². The number of aliphatic hydroxyl groups excluding tert-OH is 1. The molecular weight excluding hydrogens is 1160 g/mol. The lowest BCUT2D eigenvalue weighted by molar-refractivity contribution is -0.0464. The van der Waals surface area contributed by atoms with Crippen molar-refractivity contribution in [3.63, 3.8) is 0 Å². The Morgan fingerprint density at radius 1 is 0.556 bits per heavy atom. The van der Waals surface area contributed by atoms with Crippen LogP contribution in [0.5, 0.6) is 23.5 Å². The number of anilines is 2. The first-order valence-electron chi connectivity index (χ1n) is 31.0. The maximum Gasteiger partial charge on any atom is 0.319 e. The number of piperidine rings is 2. The Labute approximate surface area is 516 Å². The van der Waals surface area contributed by atoms with E-state index in [1.807, 2.05) is 4.90 Å². The molecule has 4 atom stereocenters. The molecule has 6 saturated heterocycles. The van der Waals surface area contributed by atoms with Crippen LogP contribution in [0.2, 0.25) is 0 Å². The van der Waals surface area contributed by atoms with Gasteiger partial charge in [0, 0.05) is 84.8 Å². The lowest BCUT2D eigenvalue weighted by Crippen LogP contribution is -2.49. The molecule has 0 amide bonds. The monoisotopic (exact) mass is 1230 g/mol. The molecule has 0 bridgehead atoms. The first-order valence-corrected chi connectivity index (χ1v) is 31.0. The smallest absolute Gasteiger partial charge is 0.319 e. The second-order valence-electron chi connectivity index (χ2n) is 26.4. The van der Waals surface area contributed by atoms with Gasteiger partial charge >= 0.3 is 12.0 Å². The summed E-state index contributed by atoms with van der Waals surface area (Å²) < 4.78 is 104. The van der Waals surface area contributed by atoms with Gasteiger partial charge < -0.3 is 39.7 Å². The van der Waals surface area contributed by atoms with Crippen molar-refractivity contribution in [1.29, 1.82) is 0 Å². The standard InChI is InChI=1S/C36H35F3N4O3.C34H33F3N4O3/c1-2-25-29(38)7-4-21-14-23(44)15-28(30(21)25)26-5-6-27-32(31(26)39)40-34(46-20-36-8-3-11-43(36)19-22(37)16-36)41-33(27)42-12-9-35(10-13-42)17-24(45)18-35;1-3-23-27(36)8-5-20-15-22(42)16-26(28(20)23)24-6-7-25-30(29(24)37)38-32(39-31(25)40-13-10-33(2,43)11-14-40)44-19-34-9-4-12-41(34)18-21(35)17-34/h1,4-7,14-15,22,24,44-45H,3,8-13,16-20H2;1,5-8,15-16,21,42-43H,4,9-14,17-19H2,2H3. The molecule has 15 rings (SSSR count). The minimum atomic E-state index is -0.928. The number of aliphatic hydroxyl groups is 2. The highest BCUT2D eigenvalue weighted by molar-refractivity contribution is 6.05. The van der Waals surface area contributed by atoms with Crippen molar-refractivity contribution in [1.82, 2.24) is 29.7 Å². The number of halogens is 6. The van der Waals surface area contributed by atoms with Gasteiger partial charge in [0.2, 0.25) is 0 Å². The van der Waals surface area contributed by atoms with Crippen molar-refractivity contribution >= 4 is 55.0 Å². The highest BCUT2D eigenvalue weighted by Crippen LogP contribution is 2.51. The van der Waals surface area contributed by atoms with Crippen LogP contribution >= 0.6 is 0 Å². The fourth-order valence-electron chi connectivity index (χ4n) is 15.9. The summed E-state index contributed by atoms with van der Waals surface area (Å²) in [7, 11) is 0. The van der Waals surface area contributed by atoms with Crippen LogP contribution in [-0.4, -0.2) is 151 Å². The van der Waals surface area contributed by atoms with E-state index in [0.717, 1.165) is 64.5 Å². The third-order valence-electron chi connectivity index (χ3n) is 20.6. The average Bonchev–Trinajstić information content (AvgIpc) is 1.13. The van der Waals surface area contributed by atoms with Crippen molar-refractivity contribution in [2.75, 3.05) is 75.4 Å². The highest BCUT2D eigenvalue weighted by Gasteiger charge is 2.51. The van der Waals surface area contributed by atoms with Crippen LogP contribution in [0, 0.1) is 53.4 Å². The van der Waals surface area contributed by atoms with Crippen LogP contribution in [-0.2, 0) is 0 Å². The third kappa shape index (κ3) is 10.5. The highest BCUT2D eigenvalue weighted by atomic mass is 19.2. The van der Waals surface area contributed by atoms with Gasteiger partial charge in [-0.25, -0.2) is 26.3 Å². The van der Waals surface area contributed by atoms with Crippen molar-refractivity contribution in [3.05, 3.63) is 107 Å². The fourth-order valence-corrected chi connectivity index (χ4v) is 15.9. The Kier molecular flexibility index (Phi) is 15.0. The minimum absolute atomic E-state index is 0.00875. The summed E-state index contributed by atoms with van der Waals surface area (Å²) in [4.78, 5) is 27.0. The number of hydrogen-bond donors (Lipinski definition) is 4. The number of benzene rings is 6. The Bertz CT molecular complexity index is 4290. The van der Waals surface area contributed by atoms with E-state index in [1.54, 1.807) is 31.2 Å². The van der Waals surface area contributed by atoms with Crippen molar-refractivity contribution in [2.24, 2.45) is 5.41 Å². The zero-order valence-corrected chi connectivity index (χ0v) is 49.8. The predicted molar refractivity (Wildman–Crippen MR) is 332 cm³/mol. The largest absolute Gasteiger partial charge is 0.508 e. The molecule has 8 aromatic rings. The van der Waals surface area contributed by atoms with Crippen LogP contribution in [0.25, 0.3) is 65.6 Å². The van der Waals surface area contributed by atoms with Gasteiger partial charge in [-0.2, -0.15) is 19.9 Å². The lowest BCUT2D eigenvalue weighted by atomic mass is 9.61. The van der Waals surface area contributed by atoms with E-state index in [2.05, 4.69) is 36.5 Å². The number of terminal acetylenes is 2. The Morgan fingerprint density at radius 2 is 0.989 bits per heavy atom. The second-order valence-corrected chi connectivity index (χ2v) is 26.4. The molecule has 4 N–H and O–H groups in total. The summed E-state index contributed by atoms with van der Waals surface area (Å²) in [5, 5.41) is 44.1. The van der Waals surface area contributed by atoms with E-state index in [1.165, 1.54) is 48.5 Å². The van der Waals surface area contributed by atoms with Crippen molar-refractivity contribution in [3.8, 4) is 70.5 Å². The van der Waals surface area contributed by atoms with Gasteiger partial charge in [0.15, 0.2) is 11.6 Å². The Balaban J connectivity index is 0.000000157.